The average Bonchev–Trinajstić information content (AvgIpc) is 2.44. The van der Waals surface area contributed by atoms with Gasteiger partial charge in [-0.2, -0.15) is 0 Å². The third-order valence-corrected chi connectivity index (χ3v) is 3.79. The maximum absolute atomic E-state index is 5.34. The Kier molecular flexibility index (Phi) is 4.46. The molecule has 2 aromatic rings. The molecule has 1 unspecified atom stereocenters. The highest BCUT2D eigenvalue weighted by Gasteiger charge is 2.15. The number of rotatable bonds is 4. The number of hydrogen-bond acceptors (Lipinski definition) is 2. The van der Waals surface area contributed by atoms with Crippen LogP contribution in [0.15, 0.2) is 36.4 Å². The molecule has 0 aliphatic heterocycles. The Labute approximate surface area is 121 Å². The quantitative estimate of drug-likeness (QED) is 0.908. The Hall–Kier alpha value is -1.80. The third-order valence-electron chi connectivity index (χ3n) is 3.79. The van der Waals surface area contributed by atoms with Crippen LogP contribution in [0.25, 0.3) is 0 Å². The first-order chi connectivity index (χ1) is 9.56. The van der Waals surface area contributed by atoms with Crippen molar-refractivity contribution in [1.29, 1.82) is 0 Å². The molecule has 0 heterocycles. The third kappa shape index (κ3) is 2.86. The Balaban J connectivity index is 2.46. The molecule has 0 saturated carbocycles. The molecule has 0 spiro atoms. The first-order valence-corrected chi connectivity index (χ1v) is 6.95. The van der Waals surface area contributed by atoms with E-state index in [4.69, 9.17) is 4.74 Å². The lowest BCUT2D eigenvalue weighted by atomic mass is 9.93. The summed E-state index contributed by atoms with van der Waals surface area (Å²) in [5.41, 5.74) is 6.35. The fourth-order valence-electron chi connectivity index (χ4n) is 2.65. The molecule has 20 heavy (non-hydrogen) atoms. The van der Waals surface area contributed by atoms with Gasteiger partial charge < -0.3 is 10.1 Å². The topological polar surface area (TPSA) is 21.3 Å². The molecule has 0 bridgehead atoms. The van der Waals surface area contributed by atoms with E-state index in [0.717, 1.165) is 11.3 Å². The van der Waals surface area contributed by atoms with Crippen LogP contribution in [0, 0.1) is 20.8 Å². The molecule has 0 aliphatic rings. The highest BCUT2D eigenvalue weighted by molar-refractivity contribution is 5.43. The Morgan fingerprint density at radius 3 is 2.30 bits per heavy atom. The van der Waals surface area contributed by atoms with E-state index in [9.17, 15) is 0 Å². The van der Waals surface area contributed by atoms with Gasteiger partial charge in [0.1, 0.15) is 5.75 Å². The summed E-state index contributed by atoms with van der Waals surface area (Å²) in [7, 11) is 3.72. The molecule has 1 atom stereocenters. The Morgan fingerprint density at radius 1 is 0.950 bits per heavy atom. The van der Waals surface area contributed by atoms with Crippen molar-refractivity contribution in [3.8, 4) is 5.75 Å². The van der Waals surface area contributed by atoms with Crippen LogP contribution in [-0.4, -0.2) is 14.2 Å². The van der Waals surface area contributed by atoms with E-state index in [-0.39, 0.29) is 6.04 Å². The molecule has 2 heteroatoms. The molecule has 2 nitrogen and oxygen atoms in total. The second-order valence-electron chi connectivity index (χ2n) is 5.31. The van der Waals surface area contributed by atoms with Crippen molar-refractivity contribution in [1.82, 2.24) is 5.32 Å². The smallest absolute Gasteiger partial charge is 0.121 e. The van der Waals surface area contributed by atoms with Crippen molar-refractivity contribution in [2.45, 2.75) is 26.8 Å². The number of aryl methyl sites for hydroxylation is 3. The molecule has 106 valence electrons. The van der Waals surface area contributed by atoms with Crippen molar-refractivity contribution in [3.63, 3.8) is 0 Å². The summed E-state index contributed by atoms with van der Waals surface area (Å²) >= 11 is 0. The minimum absolute atomic E-state index is 0.208. The molecule has 0 radical (unpaired) electrons. The summed E-state index contributed by atoms with van der Waals surface area (Å²) in [6.07, 6.45) is 0. The Morgan fingerprint density at radius 2 is 1.70 bits per heavy atom. The van der Waals surface area contributed by atoms with Crippen LogP contribution < -0.4 is 10.1 Å². The van der Waals surface area contributed by atoms with Gasteiger partial charge >= 0.3 is 0 Å². The van der Waals surface area contributed by atoms with Crippen LogP contribution in [0.4, 0.5) is 0 Å². The zero-order valence-electron chi connectivity index (χ0n) is 12.9. The lowest BCUT2D eigenvalue weighted by molar-refractivity contribution is 0.411. The van der Waals surface area contributed by atoms with Crippen LogP contribution in [0.3, 0.4) is 0 Å². The van der Waals surface area contributed by atoms with Crippen molar-refractivity contribution >= 4 is 0 Å². The average molecular weight is 269 g/mol. The molecule has 0 aliphatic carbocycles. The predicted octanol–water partition coefficient (Wildman–Crippen LogP) is 3.93. The van der Waals surface area contributed by atoms with Gasteiger partial charge in [0.15, 0.2) is 0 Å². The summed E-state index contributed by atoms with van der Waals surface area (Å²) in [6.45, 7) is 6.38. The first kappa shape index (κ1) is 14.6. The molecule has 0 amide bonds. The second kappa shape index (κ2) is 6.10. The van der Waals surface area contributed by atoms with Crippen LogP contribution >= 0.6 is 0 Å². The molecular formula is C18H23NO. The van der Waals surface area contributed by atoms with Crippen molar-refractivity contribution in [3.05, 3.63) is 64.2 Å². The predicted molar refractivity (Wildman–Crippen MR) is 84.5 cm³/mol. The SMILES string of the molecule is CNC(c1ccc(OC)c(C)c1)c1cc(C)ccc1C. The summed E-state index contributed by atoms with van der Waals surface area (Å²) in [4.78, 5) is 0. The van der Waals surface area contributed by atoms with Gasteiger partial charge in [0.05, 0.1) is 13.2 Å². The molecule has 0 aromatic heterocycles. The molecule has 2 aromatic carbocycles. The normalized spacial score (nSPS) is 12.2. The van der Waals surface area contributed by atoms with Crippen molar-refractivity contribution in [2.75, 3.05) is 14.2 Å². The number of ether oxygens (including phenoxy) is 1. The number of nitrogens with one attached hydrogen (secondary N) is 1. The van der Waals surface area contributed by atoms with E-state index in [1.165, 1.54) is 22.3 Å². The summed E-state index contributed by atoms with van der Waals surface area (Å²) in [6, 6.07) is 13.2. The van der Waals surface area contributed by atoms with Crippen molar-refractivity contribution < 1.29 is 4.74 Å². The molecule has 1 N–H and O–H groups in total. The standard InChI is InChI=1S/C18H23NO/c1-12-6-7-13(2)16(10-12)18(19-4)15-8-9-17(20-5)14(3)11-15/h6-11,18-19H,1-5H3. The van der Waals surface area contributed by atoms with E-state index < -0.39 is 0 Å². The molecule has 0 fully saturated rings. The van der Waals surface area contributed by atoms with E-state index in [1.807, 2.05) is 13.1 Å². The summed E-state index contributed by atoms with van der Waals surface area (Å²) < 4.78 is 5.34. The van der Waals surface area contributed by atoms with Gasteiger partial charge in [-0.05, 0) is 56.1 Å². The van der Waals surface area contributed by atoms with Gasteiger partial charge in [-0.25, -0.2) is 0 Å². The van der Waals surface area contributed by atoms with Crippen molar-refractivity contribution in [2.24, 2.45) is 0 Å². The maximum Gasteiger partial charge on any atom is 0.121 e. The van der Waals surface area contributed by atoms with Gasteiger partial charge in [-0.3, -0.25) is 0 Å². The highest BCUT2D eigenvalue weighted by Crippen LogP contribution is 2.28. The van der Waals surface area contributed by atoms with E-state index >= 15 is 0 Å². The minimum Gasteiger partial charge on any atom is -0.496 e. The molecule has 0 saturated heterocycles. The maximum atomic E-state index is 5.34. The molecular weight excluding hydrogens is 246 g/mol. The fraction of sp³-hybridized carbons (Fsp3) is 0.333. The van der Waals surface area contributed by atoms with E-state index in [1.54, 1.807) is 7.11 Å². The fourth-order valence-corrected chi connectivity index (χ4v) is 2.65. The molecule has 2 rings (SSSR count). The van der Waals surface area contributed by atoms with Gasteiger partial charge in [0, 0.05) is 0 Å². The van der Waals surface area contributed by atoms with Crippen LogP contribution in [0.1, 0.15) is 33.9 Å². The number of benzene rings is 2. The highest BCUT2D eigenvalue weighted by atomic mass is 16.5. The monoisotopic (exact) mass is 269 g/mol. The van der Waals surface area contributed by atoms with Crippen LogP contribution in [0.5, 0.6) is 5.75 Å². The van der Waals surface area contributed by atoms with Gasteiger partial charge in [0.2, 0.25) is 0 Å². The summed E-state index contributed by atoms with van der Waals surface area (Å²) in [5.74, 6) is 0.935. The first-order valence-electron chi connectivity index (χ1n) is 6.95. The zero-order chi connectivity index (χ0) is 14.7. The minimum atomic E-state index is 0.208. The lowest BCUT2D eigenvalue weighted by Gasteiger charge is -2.21. The van der Waals surface area contributed by atoms with Gasteiger partial charge in [-0.15, -0.1) is 0 Å². The van der Waals surface area contributed by atoms with Gasteiger partial charge in [-0.1, -0.05) is 35.9 Å². The zero-order valence-corrected chi connectivity index (χ0v) is 12.9. The Bertz CT molecular complexity index is 604. The number of hydrogen-bond donors (Lipinski definition) is 1. The van der Waals surface area contributed by atoms with E-state index in [2.05, 4.69) is 56.4 Å². The largest absolute Gasteiger partial charge is 0.496 e. The van der Waals surface area contributed by atoms with Crippen LogP contribution in [-0.2, 0) is 0 Å². The van der Waals surface area contributed by atoms with Gasteiger partial charge in [0.25, 0.3) is 0 Å². The lowest BCUT2D eigenvalue weighted by Crippen LogP contribution is -2.19. The second-order valence-corrected chi connectivity index (χ2v) is 5.31. The van der Waals surface area contributed by atoms with Crippen LogP contribution in [0.2, 0.25) is 0 Å². The summed E-state index contributed by atoms with van der Waals surface area (Å²) in [5, 5.41) is 3.43. The number of methoxy groups -OCH3 is 1. The van der Waals surface area contributed by atoms with E-state index in [0.29, 0.717) is 0 Å².